The third-order valence-corrected chi connectivity index (χ3v) is 3.98. The van der Waals surface area contributed by atoms with E-state index in [0.717, 1.165) is 16.7 Å². The largest absolute Gasteiger partial charge is 0.370 e. The van der Waals surface area contributed by atoms with Gasteiger partial charge in [-0.1, -0.05) is 30.0 Å². The summed E-state index contributed by atoms with van der Waals surface area (Å²) in [6, 6.07) is 10.0. The molecule has 1 aromatic heterocycles. The van der Waals surface area contributed by atoms with E-state index in [2.05, 4.69) is 10.1 Å². The molecule has 2 aromatic rings. The summed E-state index contributed by atoms with van der Waals surface area (Å²) in [5.41, 5.74) is 6.17. The van der Waals surface area contributed by atoms with Crippen LogP contribution < -0.4 is 5.73 Å². The molecule has 0 unspecified atom stereocenters. The van der Waals surface area contributed by atoms with E-state index in [1.54, 1.807) is 0 Å². The number of nitrogens with zero attached hydrogens (tertiary/aromatic N) is 3. The number of thioether (sulfide) groups is 1. The van der Waals surface area contributed by atoms with Gasteiger partial charge in [-0.15, -0.1) is 5.10 Å². The van der Waals surface area contributed by atoms with Crippen molar-refractivity contribution in [3.63, 3.8) is 0 Å². The molecule has 0 bridgehead atoms. The zero-order valence-electron chi connectivity index (χ0n) is 11.0. The number of primary amides is 1. The molecule has 0 radical (unpaired) electrons. The molecular weight excluding hydrogens is 272 g/mol. The molecule has 1 aliphatic carbocycles. The first kappa shape index (κ1) is 13.2. The van der Waals surface area contributed by atoms with Crippen molar-refractivity contribution in [1.82, 2.24) is 14.8 Å². The zero-order valence-corrected chi connectivity index (χ0v) is 11.8. The predicted molar refractivity (Wildman–Crippen MR) is 77.9 cm³/mol. The SMILES string of the molecule is NC(=O)CCSc1nc(C2CC2)n(-c2ccccc2)n1. The van der Waals surface area contributed by atoms with E-state index in [1.807, 2.05) is 35.0 Å². The minimum atomic E-state index is -0.289. The van der Waals surface area contributed by atoms with E-state index in [0.29, 0.717) is 18.1 Å². The van der Waals surface area contributed by atoms with Crippen molar-refractivity contribution in [1.29, 1.82) is 0 Å². The summed E-state index contributed by atoms with van der Waals surface area (Å²) < 4.78 is 1.92. The van der Waals surface area contributed by atoms with Gasteiger partial charge < -0.3 is 5.73 Å². The van der Waals surface area contributed by atoms with Crippen molar-refractivity contribution in [3.8, 4) is 5.69 Å². The van der Waals surface area contributed by atoms with Crippen molar-refractivity contribution >= 4 is 17.7 Å². The van der Waals surface area contributed by atoms with Gasteiger partial charge in [0.1, 0.15) is 5.82 Å². The highest BCUT2D eigenvalue weighted by Gasteiger charge is 2.30. The number of amides is 1. The van der Waals surface area contributed by atoms with E-state index in [9.17, 15) is 4.79 Å². The van der Waals surface area contributed by atoms with Gasteiger partial charge >= 0.3 is 0 Å². The number of aromatic nitrogens is 3. The maximum atomic E-state index is 10.8. The minimum absolute atomic E-state index is 0.289. The summed E-state index contributed by atoms with van der Waals surface area (Å²) in [6.45, 7) is 0. The fraction of sp³-hybridized carbons (Fsp3) is 0.357. The molecule has 0 aliphatic heterocycles. The Labute approximate surface area is 121 Å². The summed E-state index contributed by atoms with van der Waals surface area (Å²) in [4.78, 5) is 15.4. The molecule has 1 heterocycles. The van der Waals surface area contributed by atoms with Crippen molar-refractivity contribution in [2.24, 2.45) is 5.73 Å². The van der Waals surface area contributed by atoms with Gasteiger partial charge in [-0.25, -0.2) is 9.67 Å². The number of hydrogen-bond acceptors (Lipinski definition) is 4. The van der Waals surface area contributed by atoms with E-state index in [-0.39, 0.29) is 5.91 Å². The highest BCUT2D eigenvalue weighted by molar-refractivity contribution is 7.99. The monoisotopic (exact) mass is 288 g/mol. The predicted octanol–water partition coefficient (Wildman–Crippen LogP) is 2.11. The van der Waals surface area contributed by atoms with Gasteiger partial charge in [-0.2, -0.15) is 0 Å². The fourth-order valence-electron chi connectivity index (χ4n) is 1.97. The summed E-state index contributed by atoms with van der Waals surface area (Å²) in [5, 5.41) is 5.27. The molecule has 20 heavy (non-hydrogen) atoms. The molecule has 3 rings (SSSR count). The lowest BCUT2D eigenvalue weighted by atomic mass is 10.3. The molecule has 1 saturated carbocycles. The minimum Gasteiger partial charge on any atom is -0.370 e. The molecule has 1 amide bonds. The third-order valence-electron chi connectivity index (χ3n) is 3.14. The maximum absolute atomic E-state index is 10.8. The molecule has 1 fully saturated rings. The molecule has 5 nitrogen and oxygen atoms in total. The van der Waals surface area contributed by atoms with Crippen LogP contribution in [0, 0.1) is 0 Å². The number of hydrogen-bond donors (Lipinski definition) is 1. The van der Waals surface area contributed by atoms with Gasteiger partial charge in [-0.3, -0.25) is 4.79 Å². The smallest absolute Gasteiger partial charge is 0.218 e. The van der Waals surface area contributed by atoms with Crippen LogP contribution >= 0.6 is 11.8 Å². The standard InChI is InChI=1S/C14H16N4OS/c15-12(19)8-9-20-14-16-13(10-6-7-10)18(17-14)11-4-2-1-3-5-11/h1-5,10H,6-9H2,(H2,15,19). The second-order valence-electron chi connectivity index (χ2n) is 4.84. The van der Waals surface area contributed by atoms with Crippen molar-refractivity contribution in [2.75, 3.05) is 5.75 Å². The number of carbonyl (C=O) groups excluding carboxylic acids is 1. The van der Waals surface area contributed by atoms with E-state index >= 15 is 0 Å². The molecule has 2 N–H and O–H groups in total. The zero-order chi connectivity index (χ0) is 13.9. The first-order valence-electron chi connectivity index (χ1n) is 6.67. The van der Waals surface area contributed by atoms with Crippen LogP contribution in [0.25, 0.3) is 5.69 Å². The molecule has 6 heteroatoms. The highest BCUT2D eigenvalue weighted by Crippen LogP contribution is 2.40. The first-order valence-corrected chi connectivity index (χ1v) is 7.66. The van der Waals surface area contributed by atoms with E-state index < -0.39 is 0 Å². The number of benzene rings is 1. The van der Waals surface area contributed by atoms with Crippen LogP contribution in [0.2, 0.25) is 0 Å². The average Bonchev–Trinajstić information content (AvgIpc) is 3.20. The topological polar surface area (TPSA) is 73.8 Å². The van der Waals surface area contributed by atoms with Gasteiger partial charge in [0, 0.05) is 18.1 Å². The Morgan fingerprint density at radius 3 is 2.75 bits per heavy atom. The lowest BCUT2D eigenvalue weighted by molar-refractivity contribution is -0.117. The van der Waals surface area contributed by atoms with Crippen LogP contribution in [0.5, 0.6) is 0 Å². The van der Waals surface area contributed by atoms with Crippen molar-refractivity contribution in [2.45, 2.75) is 30.3 Å². The van der Waals surface area contributed by atoms with Gasteiger partial charge in [0.25, 0.3) is 0 Å². The summed E-state index contributed by atoms with van der Waals surface area (Å²) in [7, 11) is 0. The lowest BCUT2D eigenvalue weighted by Crippen LogP contribution is -2.10. The number of rotatable bonds is 6. The first-order chi connectivity index (χ1) is 9.74. The Balaban J connectivity index is 1.82. The Morgan fingerprint density at radius 1 is 1.35 bits per heavy atom. The van der Waals surface area contributed by atoms with Gasteiger partial charge in [0.15, 0.2) is 0 Å². The van der Waals surface area contributed by atoms with Gasteiger partial charge in [0.2, 0.25) is 11.1 Å². The van der Waals surface area contributed by atoms with Crippen LogP contribution in [0.4, 0.5) is 0 Å². The molecule has 0 saturated heterocycles. The maximum Gasteiger partial charge on any atom is 0.218 e. The second-order valence-corrected chi connectivity index (χ2v) is 5.90. The summed E-state index contributed by atoms with van der Waals surface area (Å²) in [5.74, 6) is 1.88. The molecule has 0 spiro atoms. The van der Waals surface area contributed by atoms with Crippen LogP contribution in [-0.4, -0.2) is 26.4 Å². The van der Waals surface area contributed by atoms with E-state index in [1.165, 1.54) is 24.6 Å². The Bertz CT molecular complexity index is 607. The Morgan fingerprint density at radius 2 is 2.10 bits per heavy atom. The number of para-hydroxylation sites is 1. The van der Waals surface area contributed by atoms with Crippen LogP contribution in [0.15, 0.2) is 35.5 Å². The Kier molecular flexibility index (Phi) is 3.73. The second kappa shape index (κ2) is 5.66. The van der Waals surface area contributed by atoms with Crippen LogP contribution in [0.1, 0.15) is 31.0 Å². The fourth-order valence-corrected chi connectivity index (χ4v) is 2.76. The quantitative estimate of drug-likeness (QED) is 0.826. The Hall–Kier alpha value is -1.82. The third kappa shape index (κ3) is 3.01. The lowest BCUT2D eigenvalue weighted by Gasteiger charge is -2.03. The average molecular weight is 288 g/mol. The molecule has 0 atom stereocenters. The number of carbonyl (C=O) groups is 1. The van der Waals surface area contributed by atoms with Gasteiger partial charge in [-0.05, 0) is 25.0 Å². The van der Waals surface area contributed by atoms with E-state index in [4.69, 9.17) is 5.73 Å². The molecular formula is C14H16N4OS. The highest BCUT2D eigenvalue weighted by atomic mass is 32.2. The van der Waals surface area contributed by atoms with Crippen molar-refractivity contribution < 1.29 is 4.79 Å². The van der Waals surface area contributed by atoms with Crippen molar-refractivity contribution in [3.05, 3.63) is 36.2 Å². The normalized spacial score (nSPS) is 14.4. The molecule has 1 aliphatic rings. The number of nitrogens with two attached hydrogens (primary N) is 1. The summed E-state index contributed by atoms with van der Waals surface area (Å²) in [6.07, 6.45) is 2.71. The summed E-state index contributed by atoms with van der Waals surface area (Å²) >= 11 is 1.48. The molecule has 104 valence electrons. The molecule has 1 aromatic carbocycles. The van der Waals surface area contributed by atoms with Gasteiger partial charge in [0.05, 0.1) is 5.69 Å². The van der Waals surface area contributed by atoms with Crippen LogP contribution in [0.3, 0.4) is 0 Å². The van der Waals surface area contributed by atoms with Crippen LogP contribution in [-0.2, 0) is 4.79 Å².